The molecule has 1 aliphatic rings. The molecule has 0 radical (unpaired) electrons. The van der Waals surface area contributed by atoms with Crippen LogP contribution in [0.15, 0.2) is 54.7 Å². The molecule has 132 valence electrons. The summed E-state index contributed by atoms with van der Waals surface area (Å²) in [6, 6.07) is 14.7. The topological polar surface area (TPSA) is 56.2 Å². The van der Waals surface area contributed by atoms with Crippen LogP contribution in [0.2, 0.25) is 10.0 Å². The van der Waals surface area contributed by atoms with E-state index in [0.29, 0.717) is 28.8 Å². The van der Waals surface area contributed by atoms with Crippen molar-refractivity contribution in [3.8, 4) is 5.75 Å². The number of carbonyl (C=O) groups is 1. The van der Waals surface area contributed by atoms with E-state index in [1.165, 1.54) is 0 Å². The maximum absolute atomic E-state index is 12.6. The van der Waals surface area contributed by atoms with Crippen LogP contribution < -0.4 is 10.1 Å². The summed E-state index contributed by atoms with van der Waals surface area (Å²) in [4.78, 5) is 12.6. The van der Waals surface area contributed by atoms with Crippen molar-refractivity contribution in [2.24, 2.45) is 0 Å². The second-order valence-corrected chi connectivity index (χ2v) is 6.80. The Morgan fingerprint density at radius 3 is 2.69 bits per heavy atom. The molecule has 0 aliphatic carbocycles. The van der Waals surface area contributed by atoms with Crippen LogP contribution in [0.25, 0.3) is 0 Å². The lowest BCUT2D eigenvalue weighted by molar-refractivity contribution is -0.122. The fraction of sp³-hybridized carbons (Fsp3) is 0.158. The zero-order valence-electron chi connectivity index (χ0n) is 13.7. The number of nitrogens with one attached hydrogen (secondary N) is 1. The van der Waals surface area contributed by atoms with Crippen LogP contribution in [0.3, 0.4) is 0 Å². The van der Waals surface area contributed by atoms with Crippen molar-refractivity contribution in [2.75, 3.05) is 5.32 Å². The van der Waals surface area contributed by atoms with Gasteiger partial charge in [-0.05, 0) is 23.8 Å². The van der Waals surface area contributed by atoms with E-state index < -0.39 is 6.10 Å². The minimum atomic E-state index is -0.556. The van der Waals surface area contributed by atoms with Crippen LogP contribution >= 0.6 is 23.2 Å². The summed E-state index contributed by atoms with van der Waals surface area (Å²) in [6.07, 6.45) is 1.61. The van der Waals surface area contributed by atoms with Crippen molar-refractivity contribution >= 4 is 34.9 Å². The molecule has 0 spiro atoms. The number of hydrogen-bond acceptors (Lipinski definition) is 3. The molecule has 1 unspecified atom stereocenters. The highest BCUT2D eigenvalue weighted by atomic mass is 35.5. The Labute approximate surface area is 160 Å². The third kappa shape index (κ3) is 3.28. The fourth-order valence-electron chi connectivity index (χ4n) is 2.93. The molecule has 1 aliphatic heterocycles. The van der Waals surface area contributed by atoms with Gasteiger partial charge in [-0.2, -0.15) is 5.10 Å². The fourth-order valence-corrected chi connectivity index (χ4v) is 3.45. The molecular weight excluding hydrogens is 373 g/mol. The second-order valence-electron chi connectivity index (χ2n) is 5.98. The van der Waals surface area contributed by atoms with Gasteiger partial charge in [-0.3, -0.25) is 4.79 Å². The Balaban J connectivity index is 1.49. The molecule has 26 heavy (non-hydrogen) atoms. The van der Waals surface area contributed by atoms with Gasteiger partial charge in [0.1, 0.15) is 11.6 Å². The molecule has 5 nitrogen and oxygen atoms in total. The second kappa shape index (κ2) is 7.02. The van der Waals surface area contributed by atoms with Gasteiger partial charge in [0.25, 0.3) is 5.91 Å². The monoisotopic (exact) mass is 387 g/mol. The van der Waals surface area contributed by atoms with Crippen molar-refractivity contribution in [3.63, 3.8) is 0 Å². The maximum Gasteiger partial charge on any atom is 0.266 e. The Hall–Kier alpha value is -2.50. The summed E-state index contributed by atoms with van der Waals surface area (Å²) in [5, 5.41) is 8.24. The largest absolute Gasteiger partial charge is 0.480 e. The number of nitrogens with zero attached hydrogens (tertiary/aromatic N) is 2. The molecule has 0 saturated heterocycles. The number of benzene rings is 2. The molecule has 1 atom stereocenters. The van der Waals surface area contributed by atoms with Gasteiger partial charge in [-0.25, -0.2) is 4.68 Å². The molecule has 0 saturated carbocycles. The highest BCUT2D eigenvalue weighted by Gasteiger charge is 2.29. The molecule has 0 fully saturated rings. The summed E-state index contributed by atoms with van der Waals surface area (Å²) >= 11 is 12.5. The van der Waals surface area contributed by atoms with E-state index in [-0.39, 0.29) is 5.91 Å². The van der Waals surface area contributed by atoms with E-state index in [2.05, 4.69) is 10.4 Å². The summed E-state index contributed by atoms with van der Waals surface area (Å²) in [5.74, 6) is 1.10. The molecule has 2 aromatic carbocycles. The zero-order chi connectivity index (χ0) is 18.1. The first-order chi connectivity index (χ1) is 12.6. The minimum Gasteiger partial charge on any atom is -0.480 e. The zero-order valence-corrected chi connectivity index (χ0v) is 15.2. The number of aromatic nitrogens is 2. The van der Waals surface area contributed by atoms with Crippen LogP contribution in [0.5, 0.6) is 5.75 Å². The number of fused-ring (bicyclic) bond motifs is 1. The summed E-state index contributed by atoms with van der Waals surface area (Å²) in [5.41, 5.74) is 1.78. The molecule has 1 amide bonds. The van der Waals surface area contributed by atoms with Gasteiger partial charge < -0.3 is 10.1 Å². The predicted molar refractivity (Wildman–Crippen MR) is 101 cm³/mol. The van der Waals surface area contributed by atoms with Crippen LogP contribution in [0.1, 0.15) is 11.1 Å². The van der Waals surface area contributed by atoms with Gasteiger partial charge in [-0.15, -0.1) is 0 Å². The lowest BCUT2D eigenvalue weighted by Crippen LogP contribution is -2.32. The standard InChI is InChI=1S/C19H15Cl2N3O2/c20-14-5-3-6-15(21)13(14)11-24-18(8-9-22-24)23-19(25)17-10-12-4-1-2-7-16(12)26-17/h1-9,17H,10-11H2,(H,23,25). The lowest BCUT2D eigenvalue weighted by atomic mass is 10.1. The number of rotatable bonds is 4. The van der Waals surface area contributed by atoms with E-state index in [1.807, 2.05) is 24.3 Å². The first-order valence-corrected chi connectivity index (χ1v) is 8.87. The Bertz CT molecular complexity index is 926. The average molecular weight is 388 g/mol. The van der Waals surface area contributed by atoms with Crippen molar-refractivity contribution in [2.45, 2.75) is 19.1 Å². The smallest absolute Gasteiger partial charge is 0.266 e. The Morgan fingerprint density at radius 2 is 1.92 bits per heavy atom. The minimum absolute atomic E-state index is 0.215. The Morgan fingerprint density at radius 1 is 1.15 bits per heavy atom. The first-order valence-electron chi connectivity index (χ1n) is 8.12. The van der Waals surface area contributed by atoms with Gasteiger partial charge in [0.2, 0.25) is 0 Å². The van der Waals surface area contributed by atoms with Gasteiger partial charge in [0.05, 0.1) is 12.7 Å². The lowest BCUT2D eigenvalue weighted by Gasteiger charge is -2.14. The number of ether oxygens (including phenoxy) is 1. The normalized spacial score (nSPS) is 15.4. The molecule has 0 bridgehead atoms. The van der Waals surface area contributed by atoms with Gasteiger partial charge in [-0.1, -0.05) is 47.5 Å². The molecule has 4 rings (SSSR count). The van der Waals surface area contributed by atoms with Crippen LogP contribution in [-0.2, 0) is 17.8 Å². The van der Waals surface area contributed by atoms with E-state index in [9.17, 15) is 4.79 Å². The molecule has 2 heterocycles. The number of para-hydroxylation sites is 1. The highest BCUT2D eigenvalue weighted by molar-refractivity contribution is 6.36. The average Bonchev–Trinajstić information content (AvgIpc) is 3.25. The van der Waals surface area contributed by atoms with E-state index >= 15 is 0 Å². The quantitative estimate of drug-likeness (QED) is 0.730. The van der Waals surface area contributed by atoms with Gasteiger partial charge in [0.15, 0.2) is 6.10 Å². The molecule has 1 N–H and O–H groups in total. The van der Waals surface area contributed by atoms with Gasteiger partial charge >= 0.3 is 0 Å². The number of hydrogen-bond donors (Lipinski definition) is 1. The van der Waals surface area contributed by atoms with Gasteiger partial charge in [0, 0.05) is 28.1 Å². The number of carbonyl (C=O) groups excluding carboxylic acids is 1. The third-order valence-corrected chi connectivity index (χ3v) is 4.99. The summed E-state index contributed by atoms with van der Waals surface area (Å²) in [7, 11) is 0. The summed E-state index contributed by atoms with van der Waals surface area (Å²) < 4.78 is 7.38. The van der Waals surface area contributed by atoms with Crippen molar-refractivity contribution in [1.82, 2.24) is 9.78 Å². The van der Waals surface area contributed by atoms with E-state index in [4.69, 9.17) is 27.9 Å². The summed E-state index contributed by atoms with van der Waals surface area (Å²) in [6.45, 7) is 0.354. The van der Waals surface area contributed by atoms with Crippen LogP contribution in [-0.4, -0.2) is 21.8 Å². The van der Waals surface area contributed by atoms with Crippen molar-refractivity contribution in [1.29, 1.82) is 0 Å². The van der Waals surface area contributed by atoms with Crippen molar-refractivity contribution < 1.29 is 9.53 Å². The SMILES string of the molecule is O=C(Nc1ccnn1Cc1c(Cl)cccc1Cl)C1Cc2ccccc2O1. The first kappa shape index (κ1) is 16.9. The number of amides is 1. The highest BCUT2D eigenvalue weighted by Crippen LogP contribution is 2.29. The molecule has 7 heteroatoms. The maximum atomic E-state index is 12.6. The van der Waals surface area contributed by atoms with Crippen molar-refractivity contribution in [3.05, 3.63) is 75.9 Å². The predicted octanol–water partition coefficient (Wildman–Crippen LogP) is 4.18. The number of halogens is 2. The third-order valence-electron chi connectivity index (χ3n) is 4.28. The number of anilines is 1. The van der Waals surface area contributed by atoms with E-state index in [0.717, 1.165) is 16.9 Å². The molecular formula is C19H15Cl2N3O2. The molecule has 3 aromatic rings. The van der Waals surface area contributed by atoms with Crippen LogP contribution in [0.4, 0.5) is 5.82 Å². The van der Waals surface area contributed by atoms with Crippen LogP contribution in [0, 0.1) is 0 Å². The Kier molecular flexibility index (Phi) is 4.57. The van der Waals surface area contributed by atoms with E-state index in [1.54, 1.807) is 35.1 Å². The molecule has 1 aromatic heterocycles.